The Morgan fingerprint density at radius 2 is 2.12 bits per heavy atom. The fourth-order valence-corrected chi connectivity index (χ4v) is 1.58. The number of ether oxygens (including phenoxy) is 2. The molecule has 0 bridgehead atoms. The first-order valence-corrected chi connectivity index (χ1v) is 5.68. The summed E-state index contributed by atoms with van der Waals surface area (Å²) in [5, 5.41) is 3.18. The number of rotatable bonds is 6. The molecule has 4 heteroatoms. The lowest BCUT2D eigenvalue weighted by atomic mass is 10.1. The predicted octanol–water partition coefficient (Wildman–Crippen LogP) is 2.23. The topological polar surface area (TPSA) is 47.6 Å². The van der Waals surface area contributed by atoms with Crippen LogP contribution in [0.3, 0.4) is 0 Å². The molecular formula is C13H19NO3. The third-order valence-corrected chi connectivity index (χ3v) is 2.55. The van der Waals surface area contributed by atoms with Gasteiger partial charge in [-0.25, -0.2) is 0 Å². The van der Waals surface area contributed by atoms with Crippen molar-refractivity contribution in [2.45, 2.75) is 19.8 Å². The Morgan fingerprint density at radius 1 is 1.35 bits per heavy atom. The van der Waals surface area contributed by atoms with Crippen LogP contribution < -0.4 is 10.1 Å². The Balaban J connectivity index is 2.57. The van der Waals surface area contributed by atoms with Crippen LogP contribution in [0, 0.1) is 0 Å². The van der Waals surface area contributed by atoms with Gasteiger partial charge < -0.3 is 14.8 Å². The Bertz CT molecular complexity index is 377. The van der Waals surface area contributed by atoms with Crippen LogP contribution in [0.15, 0.2) is 18.2 Å². The van der Waals surface area contributed by atoms with Crippen LogP contribution in [0.4, 0.5) is 5.69 Å². The van der Waals surface area contributed by atoms with Crippen molar-refractivity contribution in [3.63, 3.8) is 0 Å². The SMILES string of the molecule is CCc1cc(NCCC(=O)OC)ccc1OC. The average Bonchev–Trinajstić information content (AvgIpc) is 2.38. The second-order valence-electron chi connectivity index (χ2n) is 3.63. The van der Waals surface area contributed by atoms with E-state index < -0.39 is 0 Å². The molecule has 1 aromatic rings. The van der Waals surface area contributed by atoms with Gasteiger partial charge in [0.2, 0.25) is 0 Å². The number of esters is 1. The van der Waals surface area contributed by atoms with Gasteiger partial charge in [0.1, 0.15) is 5.75 Å². The number of methoxy groups -OCH3 is 2. The molecule has 0 radical (unpaired) electrons. The molecule has 1 N–H and O–H groups in total. The van der Waals surface area contributed by atoms with Gasteiger partial charge in [-0.1, -0.05) is 6.92 Å². The summed E-state index contributed by atoms with van der Waals surface area (Å²) in [5.41, 5.74) is 2.14. The molecule has 0 aliphatic heterocycles. The monoisotopic (exact) mass is 237 g/mol. The zero-order valence-corrected chi connectivity index (χ0v) is 10.6. The van der Waals surface area contributed by atoms with Crippen LogP contribution >= 0.6 is 0 Å². The molecule has 0 aromatic heterocycles. The lowest BCUT2D eigenvalue weighted by Gasteiger charge is -2.10. The van der Waals surface area contributed by atoms with E-state index in [1.807, 2.05) is 18.2 Å². The third kappa shape index (κ3) is 3.98. The molecule has 94 valence electrons. The summed E-state index contributed by atoms with van der Waals surface area (Å²) in [4.78, 5) is 10.9. The molecule has 1 rings (SSSR count). The zero-order chi connectivity index (χ0) is 12.7. The standard InChI is InChI=1S/C13H19NO3/c1-4-10-9-11(5-6-12(10)16-2)14-8-7-13(15)17-3/h5-6,9,14H,4,7-8H2,1-3H3. The minimum Gasteiger partial charge on any atom is -0.496 e. The summed E-state index contributed by atoms with van der Waals surface area (Å²) in [6.07, 6.45) is 1.28. The minimum absolute atomic E-state index is 0.207. The maximum Gasteiger partial charge on any atom is 0.307 e. The van der Waals surface area contributed by atoms with Crippen molar-refractivity contribution >= 4 is 11.7 Å². The minimum atomic E-state index is -0.207. The van der Waals surface area contributed by atoms with Crippen LogP contribution in [0.5, 0.6) is 5.75 Å². The predicted molar refractivity (Wildman–Crippen MR) is 67.5 cm³/mol. The van der Waals surface area contributed by atoms with E-state index in [4.69, 9.17) is 4.74 Å². The van der Waals surface area contributed by atoms with E-state index in [0.717, 1.165) is 23.4 Å². The van der Waals surface area contributed by atoms with Crippen molar-refractivity contribution in [3.8, 4) is 5.75 Å². The maximum absolute atomic E-state index is 10.9. The van der Waals surface area contributed by atoms with Crippen molar-refractivity contribution in [3.05, 3.63) is 23.8 Å². The fourth-order valence-electron chi connectivity index (χ4n) is 1.58. The first kappa shape index (κ1) is 13.4. The number of carbonyl (C=O) groups is 1. The number of anilines is 1. The summed E-state index contributed by atoms with van der Waals surface area (Å²) in [6.45, 7) is 2.65. The summed E-state index contributed by atoms with van der Waals surface area (Å²) < 4.78 is 9.82. The van der Waals surface area contributed by atoms with Gasteiger partial charge >= 0.3 is 5.97 Å². The normalized spacial score (nSPS) is 9.82. The van der Waals surface area contributed by atoms with Gasteiger partial charge in [-0.15, -0.1) is 0 Å². The first-order chi connectivity index (χ1) is 8.21. The van der Waals surface area contributed by atoms with Gasteiger partial charge in [-0.05, 0) is 30.2 Å². The smallest absolute Gasteiger partial charge is 0.307 e. The maximum atomic E-state index is 10.9. The Labute approximate surface area is 102 Å². The Hall–Kier alpha value is -1.71. The summed E-state index contributed by atoms with van der Waals surface area (Å²) in [5.74, 6) is 0.688. The lowest BCUT2D eigenvalue weighted by molar-refractivity contribution is -0.140. The van der Waals surface area contributed by atoms with Gasteiger partial charge in [0.25, 0.3) is 0 Å². The highest BCUT2D eigenvalue weighted by Crippen LogP contribution is 2.22. The van der Waals surface area contributed by atoms with E-state index in [2.05, 4.69) is 17.0 Å². The summed E-state index contributed by atoms with van der Waals surface area (Å²) in [7, 11) is 3.06. The van der Waals surface area contributed by atoms with E-state index in [-0.39, 0.29) is 5.97 Å². The van der Waals surface area contributed by atoms with Crippen LogP contribution in [0.25, 0.3) is 0 Å². The average molecular weight is 237 g/mol. The molecule has 4 nitrogen and oxygen atoms in total. The van der Waals surface area contributed by atoms with Crippen molar-refractivity contribution in [2.75, 3.05) is 26.1 Å². The molecule has 0 fully saturated rings. The fraction of sp³-hybridized carbons (Fsp3) is 0.462. The molecule has 0 atom stereocenters. The number of benzene rings is 1. The molecule has 0 heterocycles. The van der Waals surface area contributed by atoms with E-state index in [1.54, 1.807) is 7.11 Å². The van der Waals surface area contributed by atoms with Crippen molar-refractivity contribution in [1.82, 2.24) is 0 Å². The van der Waals surface area contributed by atoms with Crippen LogP contribution in [-0.4, -0.2) is 26.7 Å². The molecule has 1 aromatic carbocycles. The largest absolute Gasteiger partial charge is 0.496 e. The molecule has 0 unspecified atom stereocenters. The van der Waals surface area contributed by atoms with Crippen LogP contribution in [0.2, 0.25) is 0 Å². The van der Waals surface area contributed by atoms with E-state index in [1.165, 1.54) is 7.11 Å². The molecule has 17 heavy (non-hydrogen) atoms. The lowest BCUT2D eigenvalue weighted by Crippen LogP contribution is -2.09. The molecule has 0 aliphatic carbocycles. The molecule has 0 saturated carbocycles. The number of carbonyl (C=O) groups excluding carboxylic acids is 1. The van der Waals surface area contributed by atoms with Gasteiger partial charge in [0.15, 0.2) is 0 Å². The molecular weight excluding hydrogens is 218 g/mol. The van der Waals surface area contributed by atoms with Gasteiger partial charge in [0.05, 0.1) is 20.6 Å². The number of nitrogens with one attached hydrogen (secondary N) is 1. The Kier molecular flexibility index (Phi) is 5.33. The highest BCUT2D eigenvalue weighted by atomic mass is 16.5. The van der Waals surface area contributed by atoms with Gasteiger partial charge in [-0.2, -0.15) is 0 Å². The van der Waals surface area contributed by atoms with Crippen LogP contribution in [-0.2, 0) is 16.0 Å². The van der Waals surface area contributed by atoms with E-state index >= 15 is 0 Å². The number of hydrogen-bond donors (Lipinski definition) is 1. The molecule has 0 saturated heterocycles. The number of aryl methyl sites for hydroxylation is 1. The second-order valence-corrected chi connectivity index (χ2v) is 3.63. The summed E-state index contributed by atoms with van der Waals surface area (Å²) in [6, 6.07) is 5.91. The van der Waals surface area contributed by atoms with Gasteiger partial charge in [-0.3, -0.25) is 4.79 Å². The first-order valence-electron chi connectivity index (χ1n) is 5.68. The highest BCUT2D eigenvalue weighted by Gasteiger charge is 2.03. The quantitative estimate of drug-likeness (QED) is 0.771. The van der Waals surface area contributed by atoms with Crippen molar-refractivity contribution < 1.29 is 14.3 Å². The third-order valence-electron chi connectivity index (χ3n) is 2.55. The van der Waals surface area contributed by atoms with E-state index in [9.17, 15) is 4.79 Å². The van der Waals surface area contributed by atoms with Gasteiger partial charge in [0, 0.05) is 12.2 Å². The second kappa shape index (κ2) is 6.78. The van der Waals surface area contributed by atoms with E-state index in [0.29, 0.717) is 13.0 Å². The molecule has 0 aliphatic rings. The molecule has 0 spiro atoms. The summed E-state index contributed by atoms with van der Waals surface area (Å²) >= 11 is 0. The van der Waals surface area contributed by atoms with Crippen LogP contribution in [0.1, 0.15) is 18.9 Å². The highest BCUT2D eigenvalue weighted by molar-refractivity contribution is 5.69. The van der Waals surface area contributed by atoms with Crippen molar-refractivity contribution in [2.24, 2.45) is 0 Å². The number of hydrogen-bond acceptors (Lipinski definition) is 4. The molecule has 0 amide bonds. The zero-order valence-electron chi connectivity index (χ0n) is 10.6. The van der Waals surface area contributed by atoms with Crippen molar-refractivity contribution in [1.29, 1.82) is 0 Å². The Morgan fingerprint density at radius 3 is 2.71 bits per heavy atom.